The smallest absolute Gasteiger partial charge is 0.338 e. The van der Waals surface area contributed by atoms with Gasteiger partial charge in [-0.15, -0.1) is 0 Å². The Morgan fingerprint density at radius 2 is 2.03 bits per heavy atom. The van der Waals surface area contributed by atoms with Crippen LogP contribution in [-0.2, 0) is 9.53 Å². The first-order chi connectivity index (χ1) is 16.3. The molecule has 0 saturated heterocycles. The van der Waals surface area contributed by atoms with Crippen LogP contribution in [-0.4, -0.2) is 24.3 Å². The minimum Gasteiger partial charge on any atom is -0.495 e. The zero-order chi connectivity index (χ0) is 24.6. The van der Waals surface area contributed by atoms with E-state index in [9.17, 15) is 9.59 Å². The van der Waals surface area contributed by atoms with Crippen molar-refractivity contribution in [3.05, 3.63) is 92.1 Å². The van der Waals surface area contributed by atoms with Gasteiger partial charge in [0.15, 0.2) is 4.80 Å². The van der Waals surface area contributed by atoms with Gasteiger partial charge in [0.2, 0.25) is 0 Å². The van der Waals surface area contributed by atoms with E-state index >= 15 is 0 Å². The van der Waals surface area contributed by atoms with Gasteiger partial charge in [-0.25, -0.2) is 9.79 Å². The molecule has 0 bridgehead atoms. The number of benzene rings is 2. The molecule has 0 amide bonds. The fourth-order valence-corrected chi connectivity index (χ4v) is 6.38. The number of esters is 1. The normalized spacial score (nSPS) is 15.7. The lowest BCUT2D eigenvalue weighted by molar-refractivity contribution is -0.139. The van der Waals surface area contributed by atoms with Crippen molar-refractivity contribution in [2.75, 3.05) is 13.7 Å². The SMILES string of the molecule is CCOC(=O)C1=C(C)N=c2s/c(=C\c3cc(Cl)cc(I)c3OC)c(=O)n2[C@@H]1c1ccccc1Cl. The molecule has 0 fully saturated rings. The maximum Gasteiger partial charge on any atom is 0.338 e. The van der Waals surface area contributed by atoms with E-state index in [1.165, 1.54) is 15.9 Å². The molecule has 1 atom stereocenters. The fraction of sp³-hybridized carbons (Fsp3) is 0.208. The van der Waals surface area contributed by atoms with Crippen molar-refractivity contribution < 1.29 is 14.3 Å². The molecule has 0 aliphatic carbocycles. The number of carbonyl (C=O) groups is 1. The van der Waals surface area contributed by atoms with Crippen LogP contribution >= 0.6 is 57.1 Å². The number of allylic oxidation sites excluding steroid dienone is 1. The van der Waals surface area contributed by atoms with Gasteiger partial charge in [0.05, 0.1) is 33.1 Å². The van der Waals surface area contributed by atoms with Gasteiger partial charge in [0.25, 0.3) is 5.56 Å². The predicted molar refractivity (Wildman–Crippen MR) is 143 cm³/mol. The van der Waals surface area contributed by atoms with Gasteiger partial charge in [0.1, 0.15) is 11.8 Å². The molecular weight excluding hydrogens is 610 g/mol. The number of hydrogen-bond acceptors (Lipinski definition) is 6. The molecule has 10 heteroatoms. The van der Waals surface area contributed by atoms with Crippen LogP contribution in [0.25, 0.3) is 6.08 Å². The molecule has 2 heterocycles. The van der Waals surface area contributed by atoms with Gasteiger partial charge >= 0.3 is 5.97 Å². The molecule has 176 valence electrons. The Bertz CT molecular complexity index is 1510. The van der Waals surface area contributed by atoms with Gasteiger partial charge in [-0.3, -0.25) is 9.36 Å². The van der Waals surface area contributed by atoms with E-state index in [2.05, 4.69) is 27.6 Å². The summed E-state index contributed by atoms with van der Waals surface area (Å²) in [7, 11) is 1.57. The van der Waals surface area contributed by atoms with Crippen molar-refractivity contribution in [3.63, 3.8) is 0 Å². The second-order valence-electron chi connectivity index (χ2n) is 7.33. The second kappa shape index (κ2) is 10.2. The second-order valence-corrected chi connectivity index (χ2v) is 10.3. The predicted octanol–water partition coefficient (Wildman–Crippen LogP) is 4.72. The van der Waals surface area contributed by atoms with E-state index in [1.54, 1.807) is 57.4 Å². The van der Waals surface area contributed by atoms with Crippen LogP contribution < -0.4 is 19.6 Å². The maximum absolute atomic E-state index is 13.7. The van der Waals surface area contributed by atoms with Crippen LogP contribution in [0.1, 0.15) is 31.0 Å². The molecule has 1 aliphatic rings. The number of rotatable bonds is 5. The minimum atomic E-state index is -0.771. The van der Waals surface area contributed by atoms with Crippen molar-refractivity contribution in [1.82, 2.24) is 4.57 Å². The molecular formula is C24H19Cl2IN2O4S. The quantitative estimate of drug-likeness (QED) is 0.303. The lowest BCUT2D eigenvalue weighted by Gasteiger charge is -2.25. The number of fused-ring (bicyclic) bond motifs is 1. The third-order valence-corrected chi connectivity index (χ3v) is 7.59. The monoisotopic (exact) mass is 628 g/mol. The van der Waals surface area contributed by atoms with Crippen LogP contribution in [0.2, 0.25) is 10.0 Å². The number of aromatic nitrogens is 1. The number of carbonyl (C=O) groups excluding carboxylic acids is 1. The largest absolute Gasteiger partial charge is 0.495 e. The standard InChI is InChI=1S/C24H19Cl2IN2O4S/c1-4-33-23(31)19-12(2)28-24-29(20(19)15-7-5-6-8-16(15)26)22(30)18(34-24)10-13-9-14(25)11-17(27)21(13)32-3/h5-11,20H,4H2,1-3H3/b18-10-/t20-/m1/s1. The van der Waals surface area contributed by atoms with Crippen molar-refractivity contribution in [2.24, 2.45) is 4.99 Å². The summed E-state index contributed by atoms with van der Waals surface area (Å²) >= 11 is 16.1. The molecule has 0 N–H and O–H groups in total. The zero-order valence-electron chi connectivity index (χ0n) is 18.4. The van der Waals surface area contributed by atoms with Crippen molar-refractivity contribution in [1.29, 1.82) is 0 Å². The molecule has 34 heavy (non-hydrogen) atoms. The summed E-state index contributed by atoms with van der Waals surface area (Å²) in [6, 6.07) is 9.88. The van der Waals surface area contributed by atoms with Crippen molar-refractivity contribution in [2.45, 2.75) is 19.9 Å². The molecule has 1 aliphatic heterocycles. The molecule has 4 rings (SSSR count). The number of methoxy groups -OCH3 is 1. The van der Waals surface area contributed by atoms with E-state index in [0.717, 1.165) is 3.57 Å². The molecule has 1 aromatic heterocycles. The van der Waals surface area contributed by atoms with E-state index < -0.39 is 12.0 Å². The molecule has 3 aromatic rings. The highest BCUT2D eigenvalue weighted by molar-refractivity contribution is 14.1. The highest BCUT2D eigenvalue weighted by Crippen LogP contribution is 2.34. The number of ether oxygens (including phenoxy) is 2. The van der Waals surface area contributed by atoms with Gasteiger partial charge in [-0.1, -0.05) is 52.7 Å². The highest BCUT2D eigenvalue weighted by atomic mass is 127. The maximum atomic E-state index is 13.7. The molecule has 0 saturated carbocycles. The van der Waals surface area contributed by atoms with Gasteiger partial charge in [-0.2, -0.15) is 0 Å². The van der Waals surface area contributed by atoms with E-state index in [-0.39, 0.29) is 17.7 Å². The molecule has 6 nitrogen and oxygen atoms in total. The Balaban J connectivity index is 2.01. The summed E-state index contributed by atoms with van der Waals surface area (Å²) < 4.78 is 13.6. The number of hydrogen-bond donors (Lipinski definition) is 0. The summed E-state index contributed by atoms with van der Waals surface area (Å²) in [6.45, 7) is 3.66. The summed E-state index contributed by atoms with van der Waals surface area (Å²) in [6.07, 6.45) is 1.73. The minimum absolute atomic E-state index is 0.197. The summed E-state index contributed by atoms with van der Waals surface area (Å²) in [5, 5.41) is 0.961. The van der Waals surface area contributed by atoms with Crippen molar-refractivity contribution >= 4 is 69.2 Å². The lowest BCUT2D eigenvalue weighted by atomic mass is 9.96. The molecule has 0 unspecified atom stereocenters. The Kier molecular flexibility index (Phi) is 7.51. The Labute approximate surface area is 223 Å². The zero-order valence-corrected chi connectivity index (χ0v) is 22.9. The summed E-state index contributed by atoms with van der Waals surface area (Å²) in [4.78, 5) is 31.7. The topological polar surface area (TPSA) is 69.9 Å². The van der Waals surface area contributed by atoms with E-state index in [0.29, 0.717) is 42.0 Å². The van der Waals surface area contributed by atoms with Gasteiger partial charge in [-0.05, 0) is 66.3 Å². The Morgan fingerprint density at radius 3 is 2.71 bits per heavy atom. The van der Waals surface area contributed by atoms with E-state index in [1.807, 2.05) is 6.07 Å². The first-order valence-electron chi connectivity index (χ1n) is 10.2. The Hall–Kier alpha value is -2.14. The third kappa shape index (κ3) is 4.56. The average molecular weight is 629 g/mol. The first kappa shape index (κ1) is 25.0. The third-order valence-electron chi connectivity index (χ3n) is 5.24. The lowest BCUT2D eigenvalue weighted by Crippen LogP contribution is -2.40. The fourth-order valence-electron chi connectivity index (χ4n) is 3.83. The number of halogens is 3. The van der Waals surface area contributed by atoms with Crippen molar-refractivity contribution in [3.8, 4) is 5.75 Å². The highest BCUT2D eigenvalue weighted by Gasteiger charge is 2.34. The van der Waals surface area contributed by atoms with Crippen LogP contribution in [0.3, 0.4) is 0 Å². The molecule has 2 aromatic carbocycles. The molecule has 0 radical (unpaired) electrons. The average Bonchev–Trinajstić information content (AvgIpc) is 3.07. The van der Waals surface area contributed by atoms with Crippen LogP contribution in [0, 0.1) is 3.57 Å². The summed E-state index contributed by atoms with van der Waals surface area (Å²) in [5.74, 6) is 0.0795. The number of nitrogens with zero attached hydrogens (tertiary/aromatic N) is 2. The van der Waals surface area contributed by atoms with Gasteiger partial charge < -0.3 is 9.47 Å². The Morgan fingerprint density at radius 1 is 1.29 bits per heavy atom. The van der Waals surface area contributed by atoms with Crippen LogP contribution in [0.5, 0.6) is 5.75 Å². The van der Waals surface area contributed by atoms with Crippen LogP contribution in [0.4, 0.5) is 0 Å². The van der Waals surface area contributed by atoms with Crippen LogP contribution in [0.15, 0.2) is 57.5 Å². The number of thiazole rings is 1. The molecule has 0 spiro atoms. The first-order valence-corrected chi connectivity index (χ1v) is 12.9. The van der Waals surface area contributed by atoms with E-state index in [4.69, 9.17) is 32.7 Å². The van der Waals surface area contributed by atoms with Gasteiger partial charge in [0, 0.05) is 15.6 Å². The summed E-state index contributed by atoms with van der Waals surface area (Å²) in [5.41, 5.74) is 1.74.